The van der Waals surface area contributed by atoms with Gasteiger partial charge in [0.05, 0.1) is 15.7 Å². The predicted molar refractivity (Wildman–Crippen MR) is 120 cm³/mol. The molecule has 1 unspecified atom stereocenters. The van der Waals surface area contributed by atoms with Crippen molar-refractivity contribution in [3.63, 3.8) is 0 Å². The molecule has 0 saturated heterocycles. The number of anilines is 1. The van der Waals surface area contributed by atoms with E-state index in [1.807, 2.05) is 6.07 Å². The summed E-state index contributed by atoms with van der Waals surface area (Å²) in [6, 6.07) is 9.54. The van der Waals surface area contributed by atoms with Crippen LogP contribution in [0.4, 0.5) is 11.4 Å². The van der Waals surface area contributed by atoms with Gasteiger partial charge in [-0.05, 0) is 68.5 Å². The average Bonchev–Trinajstić information content (AvgIpc) is 2.58. The molecule has 144 valence electrons. The highest BCUT2D eigenvalue weighted by Crippen LogP contribution is 2.45. The minimum absolute atomic E-state index is 0.123. The molecular weight excluding hydrogens is 399 g/mol. The maximum atomic E-state index is 6.63. The Bertz CT molecular complexity index is 874. The van der Waals surface area contributed by atoms with E-state index in [4.69, 9.17) is 34.8 Å². The van der Waals surface area contributed by atoms with Crippen LogP contribution in [0.5, 0.6) is 0 Å². The van der Waals surface area contributed by atoms with Crippen LogP contribution >= 0.6 is 34.8 Å². The second-order valence-electron chi connectivity index (χ2n) is 7.86. The van der Waals surface area contributed by atoms with Crippen molar-refractivity contribution in [3.8, 4) is 0 Å². The lowest BCUT2D eigenvalue weighted by atomic mass is 9.79. The molecule has 0 aliphatic carbocycles. The highest BCUT2D eigenvalue weighted by molar-refractivity contribution is 6.36. The van der Waals surface area contributed by atoms with Gasteiger partial charge in [-0.25, -0.2) is 0 Å². The van der Waals surface area contributed by atoms with E-state index >= 15 is 0 Å². The van der Waals surface area contributed by atoms with Gasteiger partial charge in [-0.1, -0.05) is 48.7 Å². The van der Waals surface area contributed by atoms with Crippen molar-refractivity contribution in [2.24, 2.45) is 4.99 Å². The van der Waals surface area contributed by atoms with E-state index in [1.54, 1.807) is 18.3 Å². The number of fused-ring (bicyclic) bond motifs is 1. The van der Waals surface area contributed by atoms with Gasteiger partial charge in [-0.3, -0.25) is 4.99 Å². The Kier molecular flexibility index (Phi) is 6.10. The van der Waals surface area contributed by atoms with Crippen molar-refractivity contribution in [3.05, 3.63) is 56.5 Å². The Balaban J connectivity index is 2.00. The minimum Gasteiger partial charge on any atom is -0.366 e. The fraction of sp³-hybridized carbons (Fsp3) is 0.409. The highest BCUT2D eigenvalue weighted by atomic mass is 35.5. The lowest BCUT2D eigenvalue weighted by molar-refractivity contribution is 0.376. The molecule has 1 heterocycles. The molecular formula is C22H25Cl3N2. The molecule has 0 amide bonds. The third-order valence-electron chi connectivity index (χ3n) is 5.20. The van der Waals surface area contributed by atoms with Crippen LogP contribution in [-0.4, -0.2) is 18.3 Å². The fourth-order valence-electron chi connectivity index (χ4n) is 3.99. The SMILES string of the molecule is CCCN1c2cc(Cl)c(C=Nc3ccc(Cl)cc3Cl)cc2C(C)CC1(C)C. The van der Waals surface area contributed by atoms with Crippen LogP contribution in [0.2, 0.25) is 15.1 Å². The Morgan fingerprint density at radius 1 is 1.15 bits per heavy atom. The fourth-order valence-corrected chi connectivity index (χ4v) is 4.66. The van der Waals surface area contributed by atoms with Crippen LogP contribution in [0.3, 0.4) is 0 Å². The van der Waals surface area contributed by atoms with E-state index in [9.17, 15) is 0 Å². The number of rotatable bonds is 4. The second-order valence-corrected chi connectivity index (χ2v) is 9.11. The first-order valence-electron chi connectivity index (χ1n) is 9.33. The van der Waals surface area contributed by atoms with E-state index in [0.29, 0.717) is 26.7 Å². The maximum absolute atomic E-state index is 6.63. The maximum Gasteiger partial charge on any atom is 0.0817 e. The Morgan fingerprint density at radius 2 is 1.89 bits per heavy atom. The summed E-state index contributed by atoms with van der Waals surface area (Å²) in [6.45, 7) is 10.2. The molecule has 1 atom stereocenters. The molecule has 0 fully saturated rings. The first-order chi connectivity index (χ1) is 12.7. The van der Waals surface area contributed by atoms with Crippen LogP contribution in [0, 0.1) is 0 Å². The number of hydrogen-bond donors (Lipinski definition) is 0. The van der Waals surface area contributed by atoms with Crippen LogP contribution in [0.1, 0.15) is 57.6 Å². The number of aliphatic imine (C=N–C) groups is 1. The molecule has 0 saturated carbocycles. The van der Waals surface area contributed by atoms with E-state index in [1.165, 1.54) is 11.3 Å². The first-order valence-corrected chi connectivity index (χ1v) is 10.5. The van der Waals surface area contributed by atoms with Gasteiger partial charge in [-0.15, -0.1) is 0 Å². The molecule has 0 N–H and O–H groups in total. The topological polar surface area (TPSA) is 15.6 Å². The van der Waals surface area contributed by atoms with Gasteiger partial charge >= 0.3 is 0 Å². The lowest BCUT2D eigenvalue weighted by Gasteiger charge is -2.47. The molecule has 2 nitrogen and oxygen atoms in total. The van der Waals surface area contributed by atoms with Gasteiger partial charge < -0.3 is 4.90 Å². The predicted octanol–water partition coefficient (Wildman–Crippen LogP) is 7.90. The van der Waals surface area contributed by atoms with Crippen molar-refractivity contribution in [2.45, 2.75) is 52.0 Å². The summed E-state index contributed by atoms with van der Waals surface area (Å²) < 4.78 is 0. The summed E-state index contributed by atoms with van der Waals surface area (Å²) >= 11 is 18.8. The van der Waals surface area contributed by atoms with Gasteiger partial charge in [-0.2, -0.15) is 0 Å². The number of nitrogens with zero attached hydrogens (tertiary/aromatic N) is 2. The number of halogens is 3. The molecule has 3 rings (SSSR count). The van der Waals surface area contributed by atoms with Gasteiger partial charge in [0.2, 0.25) is 0 Å². The lowest BCUT2D eigenvalue weighted by Crippen LogP contribution is -2.48. The van der Waals surface area contributed by atoms with E-state index in [-0.39, 0.29) is 5.54 Å². The molecule has 0 bridgehead atoms. The van der Waals surface area contributed by atoms with E-state index in [0.717, 1.165) is 24.9 Å². The average molecular weight is 424 g/mol. The first kappa shape index (κ1) is 20.5. The van der Waals surface area contributed by atoms with E-state index in [2.05, 4.69) is 49.7 Å². The molecule has 0 radical (unpaired) electrons. The van der Waals surface area contributed by atoms with Gasteiger partial charge in [0.25, 0.3) is 0 Å². The van der Waals surface area contributed by atoms with Gasteiger partial charge in [0, 0.05) is 34.6 Å². The summed E-state index contributed by atoms with van der Waals surface area (Å²) in [4.78, 5) is 7.01. The van der Waals surface area contributed by atoms with Crippen LogP contribution < -0.4 is 4.90 Å². The Labute approximate surface area is 177 Å². The van der Waals surface area contributed by atoms with Crippen LogP contribution in [-0.2, 0) is 0 Å². The number of hydrogen-bond acceptors (Lipinski definition) is 2. The largest absolute Gasteiger partial charge is 0.366 e. The van der Waals surface area contributed by atoms with Crippen molar-refractivity contribution in [1.82, 2.24) is 0 Å². The summed E-state index contributed by atoms with van der Waals surface area (Å²) in [5.74, 6) is 0.464. The molecule has 5 heteroatoms. The zero-order valence-corrected chi connectivity index (χ0v) is 18.5. The van der Waals surface area contributed by atoms with Gasteiger partial charge in [0.15, 0.2) is 0 Å². The monoisotopic (exact) mass is 422 g/mol. The zero-order valence-electron chi connectivity index (χ0n) is 16.2. The summed E-state index contributed by atoms with van der Waals surface area (Å²) in [5, 5.41) is 1.82. The Morgan fingerprint density at radius 3 is 2.56 bits per heavy atom. The minimum atomic E-state index is 0.123. The normalized spacial score (nSPS) is 18.8. The van der Waals surface area contributed by atoms with Crippen molar-refractivity contribution in [1.29, 1.82) is 0 Å². The smallest absolute Gasteiger partial charge is 0.0817 e. The third-order valence-corrected chi connectivity index (χ3v) is 6.07. The van der Waals surface area contributed by atoms with E-state index < -0.39 is 0 Å². The molecule has 0 aromatic heterocycles. The standard InChI is InChI=1S/C22H25Cl3N2/c1-5-8-27-21-11-18(24)15(9-17(21)14(2)12-22(27,3)4)13-26-20-7-6-16(23)10-19(20)25/h6-7,9-11,13-14H,5,8,12H2,1-4H3. The molecule has 1 aliphatic rings. The molecule has 1 aliphatic heterocycles. The third kappa shape index (κ3) is 4.29. The van der Waals surface area contributed by atoms with Crippen molar-refractivity contribution in [2.75, 3.05) is 11.4 Å². The highest BCUT2D eigenvalue weighted by Gasteiger charge is 2.36. The molecule has 0 spiro atoms. The molecule has 27 heavy (non-hydrogen) atoms. The second kappa shape index (κ2) is 8.03. The summed E-state index contributed by atoms with van der Waals surface area (Å²) in [5.41, 5.74) is 4.28. The summed E-state index contributed by atoms with van der Waals surface area (Å²) in [6.07, 6.45) is 4.00. The van der Waals surface area contributed by atoms with Gasteiger partial charge in [0.1, 0.15) is 0 Å². The van der Waals surface area contributed by atoms with Crippen LogP contribution in [0.15, 0.2) is 35.3 Å². The quantitative estimate of drug-likeness (QED) is 0.456. The molecule has 2 aromatic carbocycles. The van der Waals surface area contributed by atoms with Crippen LogP contribution in [0.25, 0.3) is 0 Å². The number of benzene rings is 2. The zero-order chi connectivity index (χ0) is 19.8. The Hall–Kier alpha value is -1.22. The van der Waals surface area contributed by atoms with Crippen molar-refractivity contribution >= 4 is 52.4 Å². The van der Waals surface area contributed by atoms with Crippen molar-refractivity contribution < 1.29 is 0 Å². The molecule has 2 aromatic rings. The summed E-state index contributed by atoms with van der Waals surface area (Å²) in [7, 11) is 0.